The first-order chi connectivity index (χ1) is 17.8. The third-order valence-electron chi connectivity index (χ3n) is 6.36. The number of nitrogens with two attached hydrogens (primary N) is 1. The minimum absolute atomic E-state index is 0.212. The Bertz CT molecular complexity index is 1480. The van der Waals surface area contributed by atoms with Gasteiger partial charge in [0.2, 0.25) is 0 Å². The van der Waals surface area contributed by atoms with Crippen molar-refractivity contribution >= 4 is 15.7 Å². The average molecular weight is 520 g/mol. The lowest BCUT2D eigenvalue weighted by molar-refractivity contribution is -0.0307. The second-order valence-electron chi connectivity index (χ2n) is 9.41. The van der Waals surface area contributed by atoms with E-state index in [4.69, 9.17) is 15.0 Å². The van der Waals surface area contributed by atoms with Gasteiger partial charge in [-0.05, 0) is 31.5 Å². The number of nitrogens with one attached hydrogen (secondary N) is 1. The van der Waals surface area contributed by atoms with Crippen LogP contribution in [0.15, 0.2) is 70.2 Å². The van der Waals surface area contributed by atoms with Crippen molar-refractivity contribution in [2.24, 2.45) is 5.92 Å². The molecule has 192 valence electrons. The van der Waals surface area contributed by atoms with Crippen LogP contribution in [0, 0.1) is 5.92 Å². The zero-order chi connectivity index (χ0) is 26.0. The number of ether oxygens (including phenoxy) is 1. The maximum atomic E-state index is 12.4. The summed E-state index contributed by atoms with van der Waals surface area (Å²) in [5, 5.41) is 7.16. The van der Waals surface area contributed by atoms with Crippen LogP contribution in [0.2, 0.25) is 0 Å². The zero-order valence-electron chi connectivity index (χ0n) is 20.7. The molecule has 0 bridgehead atoms. The third-order valence-corrected chi connectivity index (χ3v) is 8.53. The molecule has 0 saturated carbocycles. The van der Waals surface area contributed by atoms with Gasteiger partial charge in [0.05, 0.1) is 35.2 Å². The summed E-state index contributed by atoms with van der Waals surface area (Å²) >= 11 is 0. The van der Waals surface area contributed by atoms with Crippen LogP contribution >= 0.6 is 0 Å². The Morgan fingerprint density at radius 2 is 1.70 bits per heavy atom. The standard InChI is InChI=1S/C27H29N5O4S/c1-17(2)37(33,34)22-9-7-21(8-10-22)24-14-30-27(28)26(31-24)25-11-23(32-36-25)20-5-3-18(4-6-20)12-29-13-19-15-35-16-19/h3-11,14,17,19,29H,12-13,15-16H2,1-2H3,(H2,28,30). The van der Waals surface area contributed by atoms with Gasteiger partial charge >= 0.3 is 0 Å². The number of rotatable bonds is 9. The molecule has 0 aliphatic carbocycles. The molecule has 9 nitrogen and oxygen atoms in total. The van der Waals surface area contributed by atoms with Crippen LogP contribution in [0.3, 0.4) is 0 Å². The highest BCUT2D eigenvalue weighted by molar-refractivity contribution is 7.92. The number of hydrogen-bond acceptors (Lipinski definition) is 9. The molecule has 5 rings (SSSR count). The minimum Gasteiger partial charge on any atom is -0.382 e. The van der Waals surface area contributed by atoms with E-state index in [2.05, 4.69) is 32.6 Å². The first kappa shape index (κ1) is 25.1. The molecule has 3 N–H and O–H groups in total. The molecule has 1 fully saturated rings. The van der Waals surface area contributed by atoms with Crippen molar-refractivity contribution in [1.29, 1.82) is 0 Å². The van der Waals surface area contributed by atoms with Gasteiger partial charge in [-0.2, -0.15) is 0 Å². The molecule has 4 aromatic rings. The van der Waals surface area contributed by atoms with E-state index in [-0.39, 0.29) is 10.7 Å². The first-order valence-corrected chi connectivity index (χ1v) is 13.7. The lowest BCUT2D eigenvalue weighted by atomic mass is 10.1. The van der Waals surface area contributed by atoms with Crippen molar-refractivity contribution in [3.63, 3.8) is 0 Å². The number of nitrogen functional groups attached to an aromatic ring is 1. The predicted octanol–water partition coefficient (Wildman–Crippen LogP) is 3.97. The van der Waals surface area contributed by atoms with Crippen LogP contribution in [0.5, 0.6) is 0 Å². The number of aromatic nitrogens is 3. The van der Waals surface area contributed by atoms with E-state index in [9.17, 15) is 8.42 Å². The van der Waals surface area contributed by atoms with Crippen molar-refractivity contribution in [2.75, 3.05) is 25.5 Å². The molecule has 1 aliphatic rings. The van der Waals surface area contributed by atoms with Gasteiger partial charge in [0.1, 0.15) is 5.69 Å². The van der Waals surface area contributed by atoms with Crippen LogP contribution in [0.25, 0.3) is 34.0 Å². The van der Waals surface area contributed by atoms with Crippen LogP contribution in [0.1, 0.15) is 19.4 Å². The van der Waals surface area contributed by atoms with Gasteiger partial charge in [0.15, 0.2) is 27.1 Å². The molecule has 0 unspecified atom stereocenters. The van der Waals surface area contributed by atoms with Gasteiger partial charge in [-0.25, -0.2) is 18.4 Å². The third kappa shape index (κ3) is 5.41. The fourth-order valence-electron chi connectivity index (χ4n) is 3.95. The summed E-state index contributed by atoms with van der Waals surface area (Å²) in [6, 6.07) is 16.5. The normalized spacial score (nSPS) is 14.1. The molecule has 2 aromatic heterocycles. The molecule has 0 radical (unpaired) electrons. The number of nitrogens with zero attached hydrogens (tertiary/aromatic N) is 3. The van der Waals surface area contributed by atoms with Crippen LogP contribution in [-0.2, 0) is 21.1 Å². The van der Waals surface area contributed by atoms with Crippen molar-refractivity contribution in [3.8, 4) is 34.0 Å². The van der Waals surface area contributed by atoms with Crippen molar-refractivity contribution in [2.45, 2.75) is 30.5 Å². The van der Waals surface area contributed by atoms with Gasteiger partial charge < -0.3 is 20.3 Å². The number of hydrogen-bond donors (Lipinski definition) is 2. The highest BCUT2D eigenvalue weighted by atomic mass is 32.2. The van der Waals surface area contributed by atoms with Crippen molar-refractivity contribution in [1.82, 2.24) is 20.4 Å². The molecule has 0 spiro atoms. The summed E-state index contributed by atoms with van der Waals surface area (Å²) in [5.41, 5.74) is 10.5. The van der Waals surface area contributed by atoms with E-state index >= 15 is 0 Å². The molecule has 1 aliphatic heterocycles. The Labute approximate surface area is 216 Å². The summed E-state index contributed by atoms with van der Waals surface area (Å²) in [6.45, 7) is 6.75. The monoisotopic (exact) mass is 519 g/mol. The maximum Gasteiger partial charge on any atom is 0.189 e. The molecule has 10 heteroatoms. The summed E-state index contributed by atoms with van der Waals surface area (Å²) in [6.07, 6.45) is 1.55. The van der Waals surface area contributed by atoms with Crippen molar-refractivity contribution < 1.29 is 17.7 Å². The first-order valence-electron chi connectivity index (χ1n) is 12.1. The minimum atomic E-state index is -3.35. The van der Waals surface area contributed by atoms with Gasteiger partial charge in [0.25, 0.3) is 0 Å². The quantitative estimate of drug-likeness (QED) is 0.337. The zero-order valence-corrected chi connectivity index (χ0v) is 21.5. The largest absolute Gasteiger partial charge is 0.382 e. The Hall–Kier alpha value is -3.60. The van der Waals surface area contributed by atoms with Crippen molar-refractivity contribution in [3.05, 3.63) is 66.4 Å². The SMILES string of the molecule is CC(C)S(=O)(=O)c1ccc(-c2cnc(N)c(-c3cc(-c4ccc(CNCC5COC5)cc4)no3)n2)cc1. The molecule has 2 aromatic carbocycles. The van der Waals surface area contributed by atoms with E-state index in [0.29, 0.717) is 34.3 Å². The second-order valence-corrected chi connectivity index (χ2v) is 11.9. The fraction of sp³-hybridized carbons (Fsp3) is 0.296. The summed E-state index contributed by atoms with van der Waals surface area (Å²) in [7, 11) is -3.35. The Morgan fingerprint density at radius 3 is 2.35 bits per heavy atom. The maximum absolute atomic E-state index is 12.4. The average Bonchev–Trinajstić information content (AvgIpc) is 3.36. The van der Waals surface area contributed by atoms with E-state index in [1.165, 1.54) is 5.56 Å². The van der Waals surface area contributed by atoms with E-state index in [1.54, 1.807) is 50.4 Å². The van der Waals surface area contributed by atoms with Crippen LogP contribution in [-0.4, -0.2) is 48.6 Å². The van der Waals surface area contributed by atoms with E-state index in [0.717, 1.165) is 31.9 Å². The van der Waals surface area contributed by atoms with Gasteiger partial charge in [0, 0.05) is 36.2 Å². The van der Waals surface area contributed by atoms with Gasteiger partial charge in [-0.3, -0.25) is 0 Å². The molecular formula is C27H29N5O4S. The fourth-order valence-corrected chi connectivity index (χ4v) is 5.01. The van der Waals surface area contributed by atoms with Crippen LogP contribution in [0.4, 0.5) is 5.82 Å². The smallest absolute Gasteiger partial charge is 0.189 e. The summed E-state index contributed by atoms with van der Waals surface area (Å²) in [5.74, 6) is 1.22. The van der Waals surface area contributed by atoms with E-state index < -0.39 is 15.1 Å². The Kier molecular flexibility index (Phi) is 7.05. The molecule has 37 heavy (non-hydrogen) atoms. The lowest BCUT2D eigenvalue weighted by Crippen LogP contribution is -2.36. The molecule has 1 saturated heterocycles. The molecule has 3 heterocycles. The highest BCUT2D eigenvalue weighted by Crippen LogP contribution is 2.30. The molecule has 0 amide bonds. The topological polar surface area (TPSA) is 133 Å². The van der Waals surface area contributed by atoms with Gasteiger partial charge in [-0.1, -0.05) is 41.6 Å². The number of sulfone groups is 1. The molecule has 0 atom stereocenters. The van der Waals surface area contributed by atoms with Gasteiger partial charge in [-0.15, -0.1) is 0 Å². The predicted molar refractivity (Wildman–Crippen MR) is 141 cm³/mol. The summed E-state index contributed by atoms with van der Waals surface area (Å²) in [4.78, 5) is 9.17. The molecular weight excluding hydrogens is 490 g/mol. The number of anilines is 1. The Balaban J connectivity index is 1.32. The summed E-state index contributed by atoms with van der Waals surface area (Å²) < 4.78 is 35.6. The van der Waals surface area contributed by atoms with E-state index in [1.807, 2.05) is 12.1 Å². The number of benzene rings is 2. The second kappa shape index (κ2) is 10.4. The Morgan fingerprint density at radius 1 is 1.03 bits per heavy atom. The highest BCUT2D eigenvalue weighted by Gasteiger charge is 2.20. The lowest BCUT2D eigenvalue weighted by Gasteiger charge is -2.26. The van der Waals surface area contributed by atoms with Crippen LogP contribution < -0.4 is 11.1 Å².